The molecule has 0 aromatic rings. The molecule has 0 radical (unpaired) electrons. The van der Waals surface area contributed by atoms with E-state index in [1.54, 1.807) is 20.8 Å². The average Bonchev–Trinajstić information content (AvgIpc) is 2.26. The summed E-state index contributed by atoms with van der Waals surface area (Å²) in [5.41, 5.74) is 5.42. The Morgan fingerprint density at radius 3 is 2.59 bits per heavy atom. The lowest BCUT2D eigenvalue weighted by molar-refractivity contribution is 0.0348. The fourth-order valence-electron chi connectivity index (χ4n) is 1.47. The number of rotatable bonds is 2. The molecule has 7 nitrogen and oxygen atoms in total. The van der Waals surface area contributed by atoms with Gasteiger partial charge in [-0.2, -0.15) is 4.31 Å². The van der Waals surface area contributed by atoms with Crippen molar-refractivity contribution < 1.29 is 18.4 Å². The van der Waals surface area contributed by atoms with Crippen LogP contribution < -0.4 is 5.73 Å². The molecule has 1 rings (SSSR count). The first-order valence-electron chi connectivity index (χ1n) is 5.29. The maximum atomic E-state index is 12.2. The zero-order valence-corrected chi connectivity index (χ0v) is 11.1. The zero-order chi connectivity index (χ0) is 13.3. The van der Waals surface area contributed by atoms with Crippen LogP contribution in [0.5, 0.6) is 0 Å². The normalized spacial score (nSPS) is 24.9. The van der Waals surface area contributed by atoms with Crippen LogP contribution >= 0.6 is 0 Å². The van der Waals surface area contributed by atoms with E-state index in [2.05, 4.69) is 5.16 Å². The molecule has 0 spiro atoms. The maximum Gasteiger partial charge on any atom is 0.219 e. The van der Waals surface area contributed by atoms with Crippen LogP contribution in [0.25, 0.3) is 0 Å². The number of sulfonamides is 1. The lowest BCUT2D eigenvalue weighted by Crippen LogP contribution is -2.54. The van der Waals surface area contributed by atoms with Crippen LogP contribution in [0.1, 0.15) is 20.8 Å². The van der Waals surface area contributed by atoms with Gasteiger partial charge in [0, 0.05) is 13.1 Å². The van der Waals surface area contributed by atoms with Gasteiger partial charge in [0.25, 0.3) is 0 Å². The van der Waals surface area contributed by atoms with E-state index in [0.29, 0.717) is 0 Å². The third-order valence-electron chi connectivity index (χ3n) is 2.59. The minimum Gasteiger partial charge on any atom is -0.409 e. The van der Waals surface area contributed by atoms with Crippen LogP contribution in [-0.4, -0.2) is 54.3 Å². The van der Waals surface area contributed by atoms with Gasteiger partial charge in [0.05, 0.1) is 11.4 Å². The van der Waals surface area contributed by atoms with Gasteiger partial charge in [0.2, 0.25) is 10.0 Å². The van der Waals surface area contributed by atoms with Crippen molar-refractivity contribution in [3.05, 3.63) is 0 Å². The van der Waals surface area contributed by atoms with Gasteiger partial charge in [-0.05, 0) is 20.8 Å². The van der Waals surface area contributed by atoms with Crippen molar-refractivity contribution in [2.45, 2.75) is 31.6 Å². The molecule has 0 aliphatic carbocycles. The van der Waals surface area contributed by atoms with Crippen LogP contribution in [0.3, 0.4) is 0 Å². The molecule has 3 N–H and O–H groups in total. The molecular formula is C9H19N3O4S. The third-order valence-corrected chi connectivity index (χ3v) is 5.15. The Morgan fingerprint density at radius 2 is 2.12 bits per heavy atom. The van der Waals surface area contributed by atoms with Gasteiger partial charge in [-0.3, -0.25) is 0 Å². The van der Waals surface area contributed by atoms with Crippen molar-refractivity contribution in [2.24, 2.45) is 10.9 Å². The number of ether oxygens (including phenoxy) is 1. The predicted molar refractivity (Wildman–Crippen MR) is 63.4 cm³/mol. The Labute approximate surface area is 101 Å². The van der Waals surface area contributed by atoms with E-state index in [1.807, 2.05) is 0 Å². The first-order chi connectivity index (χ1) is 7.70. The average molecular weight is 265 g/mol. The molecule has 17 heavy (non-hydrogen) atoms. The van der Waals surface area contributed by atoms with Crippen molar-refractivity contribution in [3.8, 4) is 0 Å². The summed E-state index contributed by atoms with van der Waals surface area (Å²) < 4.78 is 30.1. The second-order valence-corrected chi connectivity index (χ2v) is 7.55. The molecule has 1 fully saturated rings. The Balaban J connectivity index is 2.88. The summed E-state index contributed by atoms with van der Waals surface area (Å²) in [6.07, 6.45) is -0.689. The molecule has 1 unspecified atom stereocenters. The van der Waals surface area contributed by atoms with E-state index in [-0.39, 0.29) is 25.5 Å². The predicted octanol–water partition coefficient (Wildman–Crippen LogP) is -0.438. The Bertz CT molecular complexity index is 399. The molecule has 1 aliphatic rings. The number of hydrogen-bond acceptors (Lipinski definition) is 5. The number of amidine groups is 1. The Morgan fingerprint density at radius 1 is 1.53 bits per heavy atom. The Kier molecular flexibility index (Phi) is 4.00. The third kappa shape index (κ3) is 2.88. The monoisotopic (exact) mass is 265 g/mol. The van der Waals surface area contributed by atoms with Gasteiger partial charge >= 0.3 is 0 Å². The first-order valence-corrected chi connectivity index (χ1v) is 6.73. The first kappa shape index (κ1) is 14.2. The minimum absolute atomic E-state index is 0.0789. The second-order valence-electron chi connectivity index (χ2n) is 4.86. The summed E-state index contributed by atoms with van der Waals surface area (Å²) in [5, 5.41) is 11.4. The maximum absolute atomic E-state index is 12.2. The number of oxime groups is 1. The molecule has 1 aliphatic heterocycles. The van der Waals surface area contributed by atoms with Crippen LogP contribution in [-0.2, 0) is 14.8 Å². The van der Waals surface area contributed by atoms with Gasteiger partial charge in [-0.25, -0.2) is 8.42 Å². The summed E-state index contributed by atoms with van der Waals surface area (Å²) in [6.45, 7) is 5.50. The smallest absolute Gasteiger partial charge is 0.219 e. The fourth-order valence-corrected chi connectivity index (χ4v) is 2.90. The van der Waals surface area contributed by atoms with E-state index in [1.165, 1.54) is 4.31 Å². The molecule has 1 atom stereocenters. The molecule has 1 heterocycles. The lowest BCUT2D eigenvalue weighted by Gasteiger charge is -2.35. The summed E-state index contributed by atoms with van der Waals surface area (Å²) in [6, 6.07) is 0. The lowest BCUT2D eigenvalue weighted by atomic mass is 10.3. The van der Waals surface area contributed by atoms with Crippen LogP contribution in [0.15, 0.2) is 5.16 Å². The van der Waals surface area contributed by atoms with Crippen molar-refractivity contribution in [3.63, 3.8) is 0 Å². The molecule has 0 saturated carbocycles. The van der Waals surface area contributed by atoms with E-state index in [0.717, 1.165) is 0 Å². The standard InChI is InChI=1S/C9H19N3O4S/c1-9(2,3)17(14,15)12-4-5-16-7(6-12)8(10)11-13/h7,13H,4-6H2,1-3H3,(H2,10,11). The fraction of sp³-hybridized carbons (Fsp3) is 0.889. The van der Waals surface area contributed by atoms with E-state index in [9.17, 15) is 8.42 Å². The number of nitrogens with zero attached hydrogens (tertiary/aromatic N) is 2. The van der Waals surface area contributed by atoms with E-state index >= 15 is 0 Å². The molecule has 0 amide bonds. The molecular weight excluding hydrogens is 246 g/mol. The van der Waals surface area contributed by atoms with Crippen molar-refractivity contribution in [2.75, 3.05) is 19.7 Å². The molecule has 0 aromatic carbocycles. The molecule has 1 saturated heterocycles. The van der Waals surface area contributed by atoms with Crippen molar-refractivity contribution >= 4 is 15.9 Å². The van der Waals surface area contributed by atoms with Gasteiger partial charge in [-0.1, -0.05) is 5.16 Å². The highest BCUT2D eigenvalue weighted by molar-refractivity contribution is 7.90. The van der Waals surface area contributed by atoms with Crippen LogP contribution in [0.2, 0.25) is 0 Å². The zero-order valence-electron chi connectivity index (χ0n) is 10.3. The summed E-state index contributed by atoms with van der Waals surface area (Å²) in [7, 11) is -3.41. The topological polar surface area (TPSA) is 105 Å². The van der Waals surface area contributed by atoms with E-state index < -0.39 is 20.9 Å². The number of hydrogen-bond donors (Lipinski definition) is 2. The molecule has 8 heteroatoms. The summed E-state index contributed by atoms with van der Waals surface area (Å²) >= 11 is 0. The molecule has 0 bridgehead atoms. The van der Waals surface area contributed by atoms with Gasteiger partial charge in [0.15, 0.2) is 5.84 Å². The van der Waals surface area contributed by atoms with E-state index in [4.69, 9.17) is 15.7 Å². The highest BCUT2D eigenvalue weighted by Gasteiger charge is 2.38. The Hall–Kier alpha value is -0.860. The largest absolute Gasteiger partial charge is 0.409 e. The van der Waals surface area contributed by atoms with Crippen LogP contribution in [0, 0.1) is 0 Å². The van der Waals surface area contributed by atoms with Gasteiger partial charge in [0.1, 0.15) is 6.10 Å². The van der Waals surface area contributed by atoms with Crippen molar-refractivity contribution in [1.82, 2.24) is 4.31 Å². The number of nitrogens with two attached hydrogens (primary N) is 1. The highest BCUT2D eigenvalue weighted by atomic mass is 32.2. The van der Waals surface area contributed by atoms with Gasteiger partial charge in [-0.15, -0.1) is 0 Å². The number of morpholine rings is 1. The second kappa shape index (κ2) is 4.79. The van der Waals surface area contributed by atoms with Crippen LogP contribution in [0.4, 0.5) is 0 Å². The minimum atomic E-state index is -3.41. The quantitative estimate of drug-likeness (QED) is 0.305. The summed E-state index contributed by atoms with van der Waals surface area (Å²) in [5.74, 6) is -0.112. The molecule has 0 aromatic heterocycles. The van der Waals surface area contributed by atoms with Gasteiger partial charge < -0.3 is 15.7 Å². The molecule has 100 valence electrons. The highest BCUT2D eigenvalue weighted by Crippen LogP contribution is 2.22. The van der Waals surface area contributed by atoms with Crippen molar-refractivity contribution in [1.29, 1.82) is 0 Å². The SMILES string of the molecule is CC(C)(C)S(=O)(=O)N1CCOC(C(N)=NO)C1. The summed E-state index contributed by atoms with van der Waals surface area (Å²) in [4.78, 5) is 0.